The Hall–Kier alpha value is 1.02. The van der Waals surface area contributed by atoms with Gasteiger partial charge >= 0.3 is 0 Å². The second-order valence-corrected chi connectivity index (χ2v) is 26.3. The molecule has 0 unspecified atom stereocenters. The van der Waals surface area contributed by atoms with Crippen LogP contribution in [0.1, 0.15) is 0 Å². The molecule has 0 radical (unpaired) electrons. The van der Waals surface area contributed by atoms with E-state index in [1.807, 2.05) is 70.5 Å². The van der Waals surface area contributed by atoms with Crippen molar-refractivity contribution < 1.29 is 0 Å². The number of halogens is 2. The van der Waals surface area contributed by atoms with Crippen LogP contribution >= 0.6 is 54.1 Å². The fraction of sp³-hybridized carbons (Fsp3) is 0. The number of hydrogen-bond donors (Lipinski definition) is 0. The van der Waals surface area contributed by atoms with E-state index in [1.165, 1.54) is 10.6 Å². The molecule has 104 valence electrons. The van der Waals surface area contributed by atoms with E-state index >= 15 is 0 Å². The predicted octanol–water partition coefficient (Wildman–Crippen LogP) is 6.04. The minimum atomic E-state index is -1.64. The molecule has 1 aliphatic rings. The standard InChI is InChI=1S/C12H8Cl2P2S4/c13-9-1-5-11(6-2-9)15(17)19-16(18,20-15)12-7-3-10(14)4-8-12/h1-8H. The van der Waals surface area contributed by atoms with E-state index in [9.17, 15) is 0 Å². The van der Waals surface area contributed by atoms with Crippen LogP contribution in [0.5, 0.6) is 0 Å². The van der Waals surface area contributed by atoms with Gasteiger partial charge in [0.05, 0.1) is 8.88 Å². The molecule has 20 heavy (non-hydrogen) atoms. The molecule has 0 aliphatic carbocycles. The van der Waals surface area contributed by atoms with Crippen molar-refractivity contribution in [1.82, 2.24) is 0 Å². The molecule has 2 aromatic rings. The van der Waals surface area contributed by atoms with Crippen LogP contribution in [-0.2, 0) is 23.6 Å². The van der Waals surface area contributed by atoms with Crippen LogP contribution in [0.2, 0.25) is 10.0 Å². The van der Waals surface area contributed by atoms with E-state index < -0.39 is 8.88 Å². The SMILES string of the molecule is S=P1(c2ccc(Cl)cc2)SP(=S)(c2ccc(Cl)cc2)S1. The van der Waals surface area contributed by atoms with E-state index in [4.69, 9.17) is 46.8 Å². The Labute approximate surface area is 146 Å². The molecular weight excluding hydrogens is 405 g/mol. The highest BCUT2D eigenvalue weighted by molar-refractivity contribution is 9.48. The van der Waals surface area contributed by atoms with E-state index in [-0.39, 0.29) is 0 Å². The third kappa shape index (κ3) is 3.05. The van der Waals surface area contributed by atoms with Crippen LogP contribution < -0.4 is 10.6 Å². The van der Waals surface area contributed by atoms with Gasteiger partial charge in [-0.2, -0.15) is 0 Å². The lowest BCUT2D eigenvalue weighted by atomic mass is 10.4. The highest BCUT2D eigenvalue weighted by Crippen LogP contribution is 3.04. The summed E-state index contributed by atoms with van der Waals surface area (Å²) >= 11 is 27.2. The number of benzene rings is 2. The van der Waals surface area contributed by atoms with Gasteiger partial charge in [-0.3, -0.25) is 0 Å². The fourth-order valence-electron chi connectivity index (χ4n) is 1.73. The summed E-state index contributed by atoms with van der Waals surface area (Å²) in [6, 6.07) is 15.7. The molecule has 0 spiro atoms. The van der Waals surface area contributed by atoms with Gasteiger partial charge in [0, 0.05) is 20.7 Å². The molecule has 1 fully saturated rings. The summed E-state index contributed by atoms with van der Waals surface area (Å²) in [5.41, 5.74) is 0. The molecule has 1 aliphatic heterocycles. The second kappa shape index (κ2) is 5.91. The Morgan fingerprint density at radius 3 is 1.25 bits per heavy atom. The zero-order valence-corrected chi connectivity index (χ0v) is 16.5. The smallest absolute Gasteiger partial charge is 0.0843 e. The third-order valence-electron chi connectivity index (χ3n) is 2.72. The molecule has 0 amide bonds. The van der Waals surface area contributed by atoms with Crippen molar-refractivity contribution in [2.24, 2.45) is 0 Å². The minimum Gasteiger partial charge on any atom is -0.0843 e. The van der Waals surface area contributed by atoms with Crippen LogP contribution in [0.15, 0.2) is 48.5 Å². The van der Waals surface area contributed by atoms with E-state index in [0.29, 0.717) is 0 Å². The highest BCUT2D eigenvalue weighted by Gasteiger charge is 2.45. The average molecular weight is 413 g/mol. The monoisotopic (exact) mass is 412 g/mol. The lowest BCUT2D eigenvalue weighted by molar-refractivity contribution is 1.77. The van der Waals surface area contributed by atoms with E-state index in [0.717, 1.165) is 10.0 Å². The Morgan fingerprint density at radius 2 is 0.950 bits per heavy atom. The van der Waals surface area contributed by atoms with Crippen LogP contribution in [0.25, 0.3) is 0 Å². The summed E-state index contributed by atoms with van der Waals surface area (Å²) in [6.07, 6.45) is 0. The quantitative estimate of drug-likeness (QED) is 0.550. The van der Waals surface area contributed by atoms with Gasteiger partial charge in [-0.15, -0.1) is 0 Å². The molecule has 0 aromatic heterocycles. The van der Waals surface area contributed by atoms with Crippen molar-refractivity contribution in [3.63, 3.8) is 0 Å². The molecule has 1 saturated heterocycles. The normalized spacial score (nSPS) is 28.9. The van der Waals surface area contributed by atoms with Crippen molar-refractivity contribution >= 4 is 88.3 Å². The molecule has 0 atom stereocenters. The molecule has 8 heteroatoms. The fourth-order valence-corrected chi connectivity index (χ4v) is 44.3. The number of hydrogen-bond acceptors (Lipinski definition) is 4. The van der Waals surface area contributed by atoms with Crippen molar-refractivity contribution in [3.8, 4) is 0 Å². The molecule has 0 saturated carbocycles. The molecule has 2 aromatic carbocycles. The van der Waals surface area contributed by atoms with Crippen LogP contribution in [0, 0.1) is 0 Å². The van der Waals surface area contributed by atoms with Crippen molar-refractivity contribution in [2.75, 3.05) is 0 Å². The Morgan fingerprint density at radius 1 is 0.650 bits per heavy atom. The summed E-state index contributed by atoms with van der Waals surface area (Å²) in [5.74, 6) is 0. The zero-order chi connectivity index (χ0) is 14.4. The first-order chi connectivity index (χ1) is 9.41. The summed E-state index contributed by atoms with van der Waals surface area (Å²) < 4.78 is -3.29. The zero-order valence-electron chi connectivity index (χ0n) is 9.90. The van der Waals surface area contributed by atoms with Gasteiger partial charge in [0.25, 0.3) is 0 Å². The summed E-state index contributed by atoms with van der Waals surface area (Å²) in [4.78, 5) is 0. The maximum Gasteiger partial charge on any atom is 0.0965 e. The molecule has 0 N–H and O–H groups in total. The lowest BCUT2D eigenvalue weighted by Gasteiger charge is -2.40. The topological polar surface area (TPSA) is 0 Å². The van der Waals surface area contributed by atoms with Gasteiger partial charge in [0.1, 0.15) is 0 Å². The average Bonchev–Trinajstić information content (AvgIpc) is 2.38. The second-order valence-electron chi connectivity index (χ2n) is 4.11. The van der Waals surface area contributed by atoms with Crippen molar-refractivity contribution in [2.45, 2.75) is 0 Å². The minimum absolute atomic E-state index is 0.739. The summed E-state index contributed by atoms with van der Waals surface area (Å²) in [7, 11) is 0. The predicted molar refractivity (Wildman–Crippen MR) is 106 cm³/mol. The summed E-state index contributed by atoms with van der Waals surface area (Å²) in [5, 5.41) is 3.87. The third-order valence-corrected chi connectivity index (χ3v) is 34.5. The Kier molecular flexibility index (Phi) is 4.69. The van der Waals surface area contributed by atoms with E-state index in [2.05, 4.69) is 0 Å². The molecule has 3 rings (SSSR count). The van der Waals surface area contributed by atoms with Crippen LogP contribution in [-0.4, -0.2) is 0 Å². The van der Waals surface area contributed by atoms with Gasteiger partial charge in [0.15, 0.2) is 0 Å². The van der Waals surface area contributed by atoms with Crippen LogP contribution in [0.4, 0.5) is 0 Å². The maximum absolute atomic E-state index is 5.93. The van der Waals surface area contributed by atoms with Gasteiger partial charge < -0.3 is 0 Å². The summed E-state index contributed by atoms with van der Waals surface area (Å²) in [6.45, 7) is 0. The highest BCUT2D eigenvalue weighted by atomic mass is 35.5. The number of rotatable bonds is 2. The largest absolute Gasteiger partial charge is 0.0965 e. The Balaban J connectivity index is 1.86. The molecule has 0 nitrogen and oxygen atoms in total. The van der Waals surface area contributed by atoms with Crippen molar-refractivity contribution in [3.05, 3.63) is 58.6 Å². The van der Waals surface area contributed by atoms with Gasteiger partial charge in [-0.25, -0.2) is 0 Å². The maximum atomic E-state index is 5.93. The molecular formula is C12H8Cl2P2S4. The van der Waals surface area contributed by atoms with Crippen LogP contribution in [0.3, 0.4) is 0 Å². The first-order valence-corrected chi connectivity index (χ1v) is 16.0. The van der Waals surface area contributed by atoms with Crippen molar-refractivity contribution in [1.29, 1.82) is 0 Å². The first-order valence-electron chi connectivity index (χ1n) is 5.56. The van der Waals surface area contributed by atoms with E-state index in [1.54, 1.807) is 0 Å². The van der Waals surface area contributed by atoms with Gasteiger partial charge in [-0.05, 0) is 24.3 Å². The molecule has 1 heterocycles. The van der Waals surface area contributed by atoms with Gasteiger partial charge in [0.2, 0.25) is 0 Å². The van der Waals surface area contributed by atoms with Gasteiger partial charge in [-0.1, -0.05) is 93.1 Å². The molecule has 0 bridgehead atoms. The lowest BCUT2D eigenvalue weighted by Crippen LogP contribution is -2.08. The first kappa shape index (κ1) is 15.9. The Bertz CT molecular complexity index is 666.